The van der Waals surface area contributed by atoms with E-state index in [9.17, 15) is 0 Å². The topological polar surface area (TPSA) is 35.8 Å². The van der Waals surface area contributed by atoms with E-state index in [-0.39, 0.29) is 5.92 Å². The van der Waals surface area contributed by atoms with Gasteiger partial charge in [0, 0.05) is 18.5 Å². The Hall–Kier alpha value is -1.33. The van der Waals surface area contributed by atoms with Crippen LogP contribution in [0.4, 0.5) is 0 Å². The maximum atomic E-state index is 8.76. The Bertz CT molecular complexity index is 387. The van der Waals surface area contributed by atoms with Crippen LogP contribution in [0.5, 0.6) is 0 Å². The first-order valence-corrected chi connectivity index (χ1v) is 6.43. The number of hydrogen-bond acceptors (Lipinski definition) is 2. The highest BCUT2D eigenvalue weighted by atomic mass is 14.9. The molecule has 1 aliphatic rings. The maximum Gasteiger partial charge on any atom is 0.0666 e. The van der Waals surface area contributed by atoms with E-state index in [0.717, 1.165) is 13.1 Å². The first kappa shape index (κ1) is 12.1. The van der Waals surface area contributed by atoms with Crippen LogP contribution in [0.2, 0.25) is 0 Å². The van der Waals surface area contributed by atoms with Gasteiger partial charge in [-0.2, -0.15) is 5.26 Å². The molecule has 1 atom stereocenters. The summed E-state index contributed by atoms with van der Waals surface area (Å²) in [7, 11) is 0. The number of rotatable bonds is 5. The fraction of sp³-hybridized carbons (Fsp3) is 0.533. The Labute approximate surface area is 104 Å². The molecule has 0 amide bonds. The minimum absolute atomic E-state index is 0.0999. The zero-order chi connectivity index (χ0) is 12.1. The normalized spacial score (nSPS) is 19.1. The second kappa shape index (κ2) is 5.33. The monoisotopic (exact) mass is 228 g/mol. The van der Waals surface area contributed by atoms with E-state index in [2.05, 4.69) is 41.7 Å². The molecule has 1 fully saturated rings. The van der Waals surface area contributed by atoms with Crippen molar-refractivity contribution in [1.82, 2.24) is 5.32 Å². The molecule has 1 aromatic carbocycles. The van der Waals surface area contributed by atoms with E-state index in [1.54, 1.807) is 0 Å². The number of nitrogens with one attached hydrogen (secondary N) is 1. The lowest BCUT2D eigenvalue weighted by Crippen LogP contribution is -2.44. The number of nitrogens with zero attached hydrogens (tertiary/aromatic N) is 1. The van der Waals surface area contributed by atoms with Crippen LogP contribution < -0.4 is 5.32 Å². The predicted molar refractivity (Wildman–Crippen MR) is 69.6 cm³/mol. The van der Waals surface area contributed by atoms with Gasteiger partial charge in [-0.1, -0.05) is 36.8 Å². The molecule has 17 heavy (non-hydrogen) atoms. The van der Waals surface area contributed by atoms with Crippen molar-refractivity contribution >= 4 is 0 Å². The zero-order valence-electron chi connectivity index (χ0n) is 10.4. The number of benzene rings is 1. The highest BCUT2D eigenvalue weighted by Gasteiger charge is 2.37. The van der Waals surface area contributed by atoms with Crippen molar-refractivity contribution in [3.05, 3.63) is 35.9 Å². The molecule has 0 spiro atoms. The average molecular weight is 228 g/mol. The molecule has 0 aromatic heterocycles. The molecule has 1 aliphatic carbocycles. The Kier molecular flexibility index (Phi) is 3.81. The maximum absolute atomic E-state index is 8.76. The minimum atomic E-state index is 0.0999. The van der Waals surface area contributed by atoms with Crippen molar-refractivity contribution < 1.29 is 0 Å². The number of hydrogen-bond donors (Lipinski definition) is 1. The molecule has 0 saturated heterocycles. The van der Waals surface area contributed by atoms with Crippen molar-refractivity contribution in [1.29, 1.82) is 5.26 Å². The van der Waals surface area contributed by atoms with Crippen LogP contribution in [0, 0.1) is 17.2 Å². The molecule has 1 unspecified atom stereocenters. The van der Waals surface area contributed by atoms with Gasteiger partial charge in [0.1, 0.15) is 0 Å². The lowest BCUT2D eigenvalue weighted by Gasteiger charge is -2.43. The molecular formula is C15H20N2. The van der Waals surface area contributed by atoms with Crippen LogP contribution >= 0.6 is 0 Å². The molecule has 0 bridgehead atoms. The molecule has 1 saturated carbocycles. The van der Waals surface area contributed by atoms with Crippen LogP contribution in [0.1, 0.15) is 31.7 Å². The van der Waals surface area contributed by atoms with Crippen molar-refractivity contribution in [2.45, 2.75) is 31.6 Å². The third-order valence-electron chi connectivity index (χ3n) is 3.83. The van der Waals surface area contributed by atoms with E-state index in [1.807, 2.05) is 6.92 Å². The summed E-state index contributed by atoms with van der Waals surface area (Å²) >= 11 is 0. The summed E-state index contributed by atoms with van der Waals surface area (Å²) in [4.78, 5) is 0. The van der Waals surface area contributed by atoms with Crippen molar-refractivity contribution in [2.24, 2.45) is 5.92 Å². The standard InChI is InChI=1S/C15H20N2/c1-13(10-16)11-17-12-15(8-5-9-15)14-6-3-2-4-7-14/h2-4,6-7,13,17H,5,8-9,11-12H2,1H3. The van der Waals surface area contributed by atoms with Gasteiger partial charge in [-0.3, -0.25) is 0 Å². The van der Waals surface area contributed by atoms with Gasteiger partial charge in [0.2, 0.25) is 0 Å². The van der Waals surface area contributed by atoms with Crippen LogP contribution in [0.3, 0.4) is 0 Å². The highest BCUT2D eigenvalue weighted by Crippen LogP contribution is 2.43. The van der Waals surface area contributed by atoms with Crippen LogP contribution in [-0.2, 0) is 5.41 Å². The molecular weight excluding hydrogens is 208 g/mol. The Balaban J connectivity index is 1.95. The SMILES string of the molecule is CC(C#N)CNCC1(c2ccccc2)CCC1. The summed E-state index contributed by atoms with van der Waals surface area (Å²) in [6, 6.07) is 13.0. The third-order valence-corrected chi connectivity index (χ3v) is 3.83. The molecule has 1 aromatic rings. The highest BCUT2D eigenvalue weighted by molar-refractivity contribution is 5.28. The molecule has 2 heteroatoms. The third kappa shape index (κ3) is 2.68. The molecule has 2 rings (SSSR count). The zero-order valence-corrected chi connectivity index (χ0v) is 10.4. The lowest BCUT2D eigenvalue weighted by atomic mass is 9.64. The Morgan fingerprint density at radius 2 is 2.06 bits per heavy atom. The minimum Gasteiger partial charge on any atom is -0.315 e. The molecule has 90 valence electrons. The molecule has 0 radical (unpaired) electrons. The van der Waals surface area contributed by atoms with E-state index in [4.69, 9.17) is 5.26 Å². The van der Waals surface area contributed by atoms with Gasteiger partial charge < -0.3 is 5.32 Å². The van der Waals surface area contributed by atoms with Crippen LogP contribution in [0.15, 0.2) is 30.3 Å². The Morgan fingerprint density at radius 3 is 2.59 bits per heavy atom. The van der Waals surface area contributed by atoms with E-state index in [0.29, 0.717) is 5.41 Å². The van der Waals surface area contributed by atoms with Crippen molar-refractivity contribution in [3.8, 4) is 6.07 Å². The van der Waals surface area contributed by atoms with E-state index in [1.165, 1.54) is 24.8 Å². The van der Waals surface area contributed by atoms with Crippen LogP contribution in [-0.4, -0.2) is 13.1 Å². The first-order valence-electron chi connectivity index (χ1n) is 6.43. The summed E-state index contributed by atoms with van der Waals surface area (Å²) in [5.41, 5.74) is 1.78. The summed E-state index contributed by atoms with van der Waals surface area (Å²) in [5.74, 6) is 0.0999. The van der Waals surface area contributed by atoms with Gasteiger partial charge in [0.05, 0.1) is 12.0 Å². The quantitative estimate of drug-likeness (QED) is 0.841. The van der Waals surface area contributed by atoms with Gasteiger partial charge in [-0.25, -0.2) is 0 Å². The summed E-state index contributed by atoms with van der Waals surface area (Å²) < 4.78 is 0. The van der Waals surface area contributed by atoms with E-state index < -0.39 is 0 Å². The summed E-state index contributed by atoms with van der Waals surface area (Å²) in [5, 5.41) is 12.2. The van der Waals surface area contributed by atoms with Crippen LogP contribution in [0.25, 0.3) is 0 Å². The van der Waals surface area contributed by atoms with Gasteiger partial charge in [-0.15, -0.1) is 0 Å². The lowest BCUT2D eigenvalue weighted by molar-refractivity contribution is 0.232. The fourth-order valence-corrected chi connectivity index (χ4v) is 2.54. The van der Waals surface area contributed by atoms with Gasteiger partial charge in [0.15, 0.2) is 0 Å². The van der Waals surface area contributed by atoms with Gasteiger partial charge >= 0.3 is 0 Å². The number of nitriles is 1. The van der Waals surface area contributed by atoms with Gasteiger partial charge in [0.25, 0.3) is 0 Å². The smallest absolute Gasteiger partial charge is 0.0666 e. The van der Waals surface area contributed by atoms with Gasteiger partial charge in [-0.05, 0) is 25.3 Å². The molecule has 1 N–H and O–H groups in total. The summed E-state index contributed by atoms with van der Waals surface area (Å²) in [6.07, 6.45) is 3.86. The van der Waals surface area contributed by atoms with Crippen molar-refractivity contribution in [3.63, 3.8) is 0 Å². The van der Waals surface area contributed by atoms with E-state index >= 15 is 0 Å². The first-order chi connectivity index (χ1) is 8.27. The predicted octanol–water partition coefficient (Wildman–Crippen LogP) is 2.86. The fourth-order valence-electron chi connectivity index (χ4n) is 2.54. The molecule has 2 nitrogen and oxygen atoms in total. The largest absolute Gasteiger partial charge is 0.315 e. The summed E-state index contributed by atoms with van der Waals surface area (Å²) in [6.45, 7) is 3.76. The Morgan fingerprint density at radius 1 is 1.35 bits per heavy atom. The molecule has 0 aliphatic heterocycles. The second-order valence-electron chi connectivity index (χ2n) is 5.16. The molecule has 0 heterocycles. The second-order valence-corrected chi connectivity index (χ2v) is 5.16. The van der Waals surface area contributed by atoms with Crippen molar-refractivity contribution in [2.75, 3.05) is 13.1 Å². The average Bonchev–Trinajstić information content (AvgIpc) is 2.33.